The Morgan fingerprint density at radius 1 is 1.71 bits per heavy atom. The van der Waals surface area contributed by atoms with Gasteiger partial charge in [0.05, 0.1) is 35.8 Å². The van der Waals surface area contributed by atoms with Crippen LogP contribution in [0.4, 0.5) is 5.69 Å². The summed E-state index contributed by atoms with van der Waals surface area (Å²) in [6, 6.07) is 1.58. The maximum Gasteiger partial charge on any atom is 0.256 e. The molecule has 2 heterocycles. The predicted molar refractivity (Wildman–Crippen MR) is 64.5 cm³/mol. The summed E-state index contributed by atoms with van der Waals surface area (Å²) in [5.74, 6) is -0.0844. The molecular formula is C12H17N3O2. The fourth-order valence-electron chi connectivity index (χ4n) is 2.21. The number of anilines is 1. The molecule has 0 aliphatic carbocycles. The normalized spacial score (nSPS) is 19.6. The molecular weight excluding hydrogens is 218 g/mol. The molecule has 0 spiro atoms. The zero-order valence-corrected chi connectivity index (χ0v) is 9.89. The second-order valence-electron chi connectivity index (χ2n) is 4.38. The summed E-state index contributed by atoms with van der Waals surface area (Å²) < 4.78 is 0. The number of carbonyl (C=O) groups is 1. The van der Waals surface area contributed by atoms with E-state index in [1.165, 1.54) is 0 Å². The van der Waals surface area contributed by atoms with Crippen LogP contribution in [0, 0.1) is 6.92 Å². The standard InChI is InChI=1S/C12H17N3O2/c1-8-11(5-9(13)6-14-8)12(17)15-4-2-3-10(15)7-16/h5-6,10,16H,2-4,7,13H2,1H3/t10-/m1/s1. The van der Waals surface area contributed by atoms with Crippen molar-refractivity contribution in [2.24, 2.45) is 0 Å². The molecule has 1 atom stereocenters. The number of aromatic nitrogens is 1. The van der Waals surface area contributed by atoms with Gasteiger partial charge in [-0.25, -0.2) is 0 Å². The number of carbonyl (C=O) groups excluding carboxylic acids is 1. The molecule has 92 valence electrons. The summed E-state index contributed by atoms with van der Waals surface area (Å²) >= 11 is 0. The van der Waals surface area contributed by atoms with Crippen molar-refractivity contribution >= 4 is 11.6 Å². The van der Waals surface area contributed by atoms with E-state index < -0.39 is 0 Å². The molecule has 1 saturated heterocycles. The molecule has 0 saturated carbocycles. The average Bonchev–Trinajstić information content (AvgIpc) is 2.79. The fraction of sp³-hybridized carbons (Fsp3) is 0.500. The number of nitrogen functional groups attached to an aromatic ring is 1. The first-order chi connectivity index (χ1) is 8.13. The first kappa shape index (κ1) is 11.9. The second-order valence-corrected chi connectivity index (χ2v) is 4.38. The van der Waals surface area contributed by atoms with Gasteiger partial charge in [-0.15, -0.1) is 0 Å². The number of nitrogens with two attached hydrogens (primary N) is 1. The van der Waals surface area contributed by atoms with Gasteiger partial charge in [0.15, 0.2) is 0 Å². The van der Waals surface area contributed by atoms with Gasteiger partial charge in [-0.3, -0.25) is 9.78 Å². The van der Waals surface area contributed by atoms with Crippen LogP contribution >= 0.6 is 0 Å². The van der Waals surface area contributed by atoms with Crippen LogP contribution < -0.4 is 5.73 Å². The monoisotopic (exact) mass is 235 g/mol. The Kier molecular flexibility index (Phi) is 3.28. The predicted octanol–water partition coefficient (Wildman–Crippen LogP) is 0.569. The van der Waals surface area contributed by atoms with Crippen LogP contribution in [0.1, 0.15) is 28.9 Å². The summed E-state index contributed by atoms with van der Waals surface area (Å²) in [6.07, 6.45) is 3.34. The fourth-order valence-corrected chi connectivity index (χ4v) is 2.21. The SMILES string of the molecule is Cc1ncc(N)cc1C(=O)N1CCC[C@@H]1CO. The summed E-state index contributed by atoms with van der Waals surface area (Å²) in [5, 5.41) is 9.22. The molecule has 17 heavy (non-hydrogen) atoms. The molecule has 1 aromatic rings. The lowest BCUT2D eigenvalue weighted by Crippen LogP contribution is -2.38. The van der Waals surface area contributed by atoms with Crippen LogP contribution in [0.2, 0.25) is 0 Å². The van der Waals surface area contributed by atoms with Gasteiger partial charge in [0, 0.05) is 6.54 Å². The van der Waals surface area contributed by atoms with E-state index in [9.17, 15) is 9.90 Å². The lowest BCUT2D eigenvalue weighted by Gasteiger charge is -2.23. The number of aryl methyl sites for hydroxylation is 1. The smallest absolute Gasteiger partial charge is 0.256 e. The van der Waals surface area contributed by atoms with Crippen molar-refractivity contribution in [1.82, 2.24) is 9.88 Å². The van der Waals surface area contributed by atoms with Crippen molar-refractivity contribution < 1.29 is 9.90 Å². The summed E-state index contributed by atoms with van der Waals surface area (Å²) in [4.78, 5) is 18.1. The van der Waals surface area contributed by atoms with Crippen LogP contribution in [0.5, 0.6) is 0 Å². The molecule has 1 amide bonds. The number of hydrogen-bond donors (Lipinski definition) is 2. The van der Waals surface area contributed by atoms with Crippen LogP contribution in [0.15, 0.2) is 12.3 Å². The third-order valence-electron chi connectivity index (χ3n) is 3.19. The molecule has 0 bridgehead atoms. The Hall–Kier alpha value is -1.62. The molecule has 1 aromatic heterocycles. The van der Waals surface area contributed by atoms with Gasteiger partial charge in [-0.1, -0.05) is 0 Å². The van der Waals surface area contributed by atoms with Crippen molar-refractivity contribution in [2.75, 3.05) is 18.9 Å². The number of aliphatic hydroxyl groups is 1. The number of aliphatic hydroxyl groups excluding tert-OH is 1. The molecule has 5 nitrogen and oxygen atoms in total. The largest absolute Gasteiger partial charge is 0.397 e. The Balaban J connectivity index is 2.27. The third-order valence-corrected chi connectivity index (χ3v) is 3.19. The van der Waals surface area contributed by atoms with E-state index in [0.29, 0.717) is 23.5 Å². The van der Waals surface area contributed by atoms with Gasteiger partial charge in [0.25, 0.3) is 5.91 Å². The van der Waals surface area contributed by atoms with E-state index in [4.69, 9.17) is 5.73 Å². The number of rotatable bonds is 2. The van der Waals surface area contributed by atoms with Crippen LogP contribution in [-0.4, -0.2) is 40.1 Å². The van der Waals surface area contributed by atoms with E-state index >= 15 is 0 Å². The number of pyridine rings is 1. The van der Waals surface area contributed by atoms with Crippen LogP contribution in [-0.2, 0) is 0 Å². The minimum Gasteiger partial charge on any atom is -0.397 e. The third kappa shape index (κ3) is 2.24. The molecule has 0 radical (unpaired) electrons. The van der Waals surface area contributed by atoms with E-state index in [1.807, 2.05) is 0 Å². The number of hydrogen-bond acceptors (Lipinski definition) is 4. The van der Waals surface area contributed by atoms with Gasteiger partial charge >= 0.3 is 0 Å². The van der Waals surface area contributed by atoms with Gasteiger partial charge in [0.1, 0.15) is 0 Å². The lowest BCUT2D eigenvalue weighted by atomic mass is 10.1. The Labute approximate surface area is 100 Å². The zero-order valence-electron chi connectivity index (χ0n) is 9.89. The highest BCUT2D eigenvalue weighted by molar-refractivity contribution is 5.96. The van der Waals surface area contributed by atoms with Gasteiger partial charge < -0.3 is 15.7 Å². The first-order valence-corrected chi connectivity index (χ1v) is 5.77. The zero-order chi connectivity index (χ0) is 12.4. The Morgan fingerprint density at radius 2 is 2.47 bits per heavy atom. The summed E-state index contributed by atoms with van der Waals surface area (Å²) in [6.45, 7) is 2.50. The summed E-state index contributed by atoms with van der Waals surface area (Å²) in [7, 11) is 0. The molecule has 2 rings (SSSR count). The van der Waals surface area contributed by atoms with Crippen LogP contribution in [0.25, 0.3) is 0 Å². The molecule has 0 aromatic carbocycles. The number of likely N-dealkylation sites (tertiary alicyclic amines) is 1. The highest BCUT2D eigenvalue weighted by Crippen LogP contribution is 2.21. The minimum atomic E-state index is -0.0844. The number of nitrogens with zero attached hydrogens (tertiary/aromatic N) is 2. The van der Waals surface area contributed by atoms with Gasteiger partial charge in [-0.2, -0.15) is 0 Å². The molecule has 0 unspecified atom stereocenters. The maximum absolute atomic E-state index is 12.3. The van der Waals surface area contributed by atoms with Crippen molar-refractivity contribution in [3.8, 4) is 0 Å². The van der Waals surface area contributed by atoms with E-state index in [0.717, 1.165) is 12.8 Å². The molecule has 1 aliphatic heterocycles. The van der Waals surface area contributed by atoms with E-state index in [2.05, 4.69) is 4.98 Å². The number of amides is 1. The first-order valence-electron chi connectivity index (χ1n) is 5.77. The summed E-state index contributed by atoms with van der Waals surface area (Å²) in [5.41, 5.74) is 7.34. The van der Waals surface area contributed by atoms with Gasteiger partial charge in [0.2, 0.25) is 0 Å². The molecule has 5 heteroatoms. The maximum atomic E-state index is 12.3. The average molecular weight is 235 g/mol. The van der Waals surface area contributed by atoms with Gasteiger partial charge in [-0.05, 0) is 25.8 Å². The van der Waals surface area contributed by atoms with E-state index in [1.54, 1.807) is 24.1 Å². The van der Waals surface area contributed by atoms with E-state index in [-0.39, 0.29) is 18.6 Å². The molecule has 3 N–H and O–H groups in total. The molecule has 1 fully saturated rings. The lowest BCUT2D eigenvalue weighted by molar-refractivity contribution is 0.0676. The van der Waals surface area contributed by atoms with Crippen molar-refractivity contribution in [1.29, 1.82) is 0 Å². The Morgan fingerprint density at radius 3 is 3.18 bits per heavy atom. The van der Waals surface area contributed by atoms with Crippen molar-refractivity contribution in [3.05, 3.63) is 23.5 Å². The van der Waals surface area contributed by atoms with Crippen LogP contribution in [0.3, 0.4) is 0 Å². The topological polar surface area (TPSA) is 79.5 Å². The highest BCUT2D eigenvalue weighted by atomic mass is 16.3. The molecule has 1 aliphatic rings. The Bertz CT molecular complexity index is 434. The quantitative estimate of drug-likeness (QED) is 0.785. The second kappa shape index (κ2) is 4.71. The highest BCUT2D eigenvalue weighted by Gasteiger charge is 2.29. The van der Waals surface area contributed by atoms with Crippen molar-refractivity contribution in [3.63, 3.8) is 0 Å². The van der Waals surface area contributed by atoms with Crippen molar-refractivity contribution in [2.45, 2.75) is 25.8 Å². The minimum absolute atomic E-state index is 0.0144.